The predicted molar refractivity (Wildman–Crippen MR) is 205 cm³/mol. The Morgan fingerprint density at radius 1 is 0.469 bits per heavy atom. The average Bonchev–Trinajstić information content (AvgIpc) is 3.11. The van der Waals surface area contributed by atoms with Crippen molar-refractivity contribution in [3.8, 4) is 11.1 Å². The number of aryl methyl sites for hydroxylation is 4. The molecule has 0 atom stereocenters. The van der Waals surface area contributed by atoms with Crippen LogP contribution in [0.25, 0.3) is 11.1 Å². The average molecular weight is 677 g/mol. The summed E-state index contributed by atoms with van der Waals surface area (Å²) in [6, 6.07) is 31.1. The molecule has 0 aliphatic carbocycles. The van der Waals surface area contributed by atoms with Crippen molar-refractivity contribution in [2.75, 3.05) is 14.2 Å². The van der Waals surface area contributed by atoms with Gasteiger partial charge in [0.05, 0.1) is 24.0 Å². The van der Waals surface area contributed by atoms with Gasteiger partial charge in [-0.25, -0.2) is 8.42 Å². The number of sulfone groups is 1. The molecule has 4 aromatic rings. The molecular weight excluding hydrogens is 629 g/mol. The molecule has 256 valence electrons. The number of hydrogen-bond acceptors (Lipinski definition) is 5. The van der Waals surface area contributed by atoms with Crippen molar-refractivity contribution in [3.63, 3.8) is 0 Å². The first kappa shape index (κ1) is 41.6. The van der Waals surface area contributed by atoms with Crippen molar-refractivity contribution in [2.24, 2.45) is 0 Å². The normalized spacial score (nSPS) is 10.3. The molecule has 0 bridgehead atoms. The van der Waals surface area contributed by atoms with Crippen molar-refractivity contribution >= 4 is 16.6 Å². The third-order valence-electron chi connectivity index (χ3n) is 6.98. The summed E-state index contributed by atoms with van der Waals surface area (Å²) in [5.74, 6) is 1.14. The minimum Gasteiger partial charge on any atom is -0.497 e. The molecule has 0 fully saturated rings. The van der Waals surface area contributed by atoms with Crippen molar-refractivity contribution in [2.45, 2.75) is 37.5 Å². The van der Waals surface area contributed by atoms with Gasteiger partial charge in [-0.2, -0.15) is 0 Å². The highest BCUT2D eigenvalue weighted by Crippen LogP contribution is 2.22. The quantitative estimate of drug-likeness (QED) is 0.124. The van der Waals surface area contributed by atoms with Gasteiger partial charge in [0.15, 0.2) is 0 Å². The fourth-order valence-corrected chi connectivity index (χ4v) is 5.06. The molecule has 0 aliphatic rings. The molecule has 49 heavy (non-hydrogen) atoms. The first-order valence-electron chi connectivity index (χ1n) is 15.3. The van der Waals surface area contributed by atoms with Crippen molar-refractivity contribution in [1.29, 1.82) is 0 Å². The standard InChI is InChI=1S/C14H14O2S.C14H18O2.C14H14.CH2O/c1-11-3-7-13(8-4-11)17(15,16)14-9-5-12(2)6-10-14;1-11(7-9-13(3)15-5)12(2)8-10-14(4)16-6;1-11-3-7-13(8-4-11)14-9-5-12(2)6-10-14;1-2/h3-10H,1-2H3;7-10H,1-4H2,5-6H3;3-10H,1-2H3;1H2/b;9-7-,10-8-;;. The maximum absolute atomic E-state index is 12.3. The summed E-state index contributed by atoms with van der Waals surface area (Å²) in [6.07, 6.45) is 7.03. The number of rotatable bonds is 10. The van der Waals surface area contributed by atoms with E-state index in [1.54, 1.807) is 87.1 Å². The molecule has 0 radical (unpaired) electrons. The van der Waals surface area contributed by atoms with Crippen LogP contribution < -0.4 is 0 Å². The Morgan fingerprint density at radius 3 is 0.959 bits per heavy atom. The first-order chi connectivity index (χ1) is 23.3. The van der Waals surface area contributed by atoms with E-state index in [2.05, 4.69) is 88.7 Å². The Labute approximate surface area is 293 Å². The van der Waals surface area contributed by atoms with Gasteiger partial charge in [0.1, 0.15) is 18.3 Å². The first-order valence-corrected chi connectivity index (χ1v) is 16.8. The van der Waals surface area contributed by atoms with Crippen molar-refractivity contribution in [1.82, 2.24) is 0 Å². The highest BCUT2D eigenvalue weighted by molar-refractivity contribution is 7.91. The van der Waals surface area contributed by atoms with Crippen LogP contribution in [-0.4, -0.2) is 29.4 Å². The fraction of sp³-hybridized carbons (Fsp3) is 0.140. The fourth-order valence-electron chi connectivity index (χ4n) is 3.80. The predicted octanol–water partition coefficient (Wildman–Crippen LogP) is 10.5. The molecule has 0 N–H and O–H groups in total. The van der Waals surface area contributed by atoms with Crippen LogP contribution in [0.2, 0.25) is 0 Å². The Balaban J connectivity index is 0.000000359. The molecule has 0 aromatic heterocycles. The number of ether oxygens (including phenoxy) is 2. The summed E-state index contributed by atoms with van der Waals surface area (Å²) in [5.41, 5.74) is 8.84. The summed E-state index contributed by atoms with van der Waals surface area (Å²) in [6.45, 7) is 25.1. The van der Waals surface area contributed by atoms with E-state index < -0.39 is 9.84 Å². The molecule has 0 aliphatic heterocycles. The van der Waals surface area contributed by atoms with E-state index in [1.807, 2.05) is 20.6 Å². The zero-order valence-corrected chi connectivity index (χ0v) is 30.3. The lowest BCUT2D eigenvalue weighted by Crippen LogP contribution is -2.01. The summed E-state index contributed by atoms with van der Waals surface area (Å²) in [7, 11) is -0.248. The molecule has 5 nitrogen and oxygen atoms in total. The zero-order valence-electron chi connectivity index (χ0n) is 29.5. The number of benzene rings is 4. The molecule has 4 aromatic carbocycles. The van der Waals surface area contributed by atoms with Gasteiger partial charge in [0.2, 0.25) is 9.84 Å². The minimum absolute atomic E-state index is 0.340. The van der Waals surface area contributed by atoms with Crippen LogP contribution >= 0.6 is 0 Å². The van der Waals surface area contributed by atoms with Crippen LogP contribution in [0.1, 0.15) is 22.3 Å². The molecular formula is C43H48O5S. The lowest BCUT2D eigenvalue weighted by atomic mass is 10.0. The Morgan fingerprint density at radius 2 is 0.714 bits per heavy atom. The second-order valence-corrected chi connectivity index (χ2v) is 12.9. The van der Waals surface area contributed by atoms with Crippen LogP contribution in [0, 0.1) is 27.7 Å². The van der Waals surface area contributed by atoms with Gasteiger partial charge in [0, 0.05) is 0 Å². The van der Waals surface area contributed by atoms with Crippen LogP contribution in [0.5, 0.6) is 0 Å². The van der Waals surface area contributed by atoms with Crippen LogP contribution in [0.15, 0.2) is 180 Å². The molecule has 6 heteroatoms. The second kappa shape index (κ2) is 21.4. The van der Waals surface area contributed by atoms with Gasteiger partial charge in [0.25, 0.3) is 0 Å². The van der Waals surface area contributed by atoms with E-state index in [-0.39, 0.29) is 0 Å². The maximum atomic E-state index is 12.3. The van der Waals surface area contributed by atoms with Crippen LogP contribution in [0.3, 0.4) is 0 Å². The lowest BCUT2D eigenvalue weighted by molar-refractivity contribution is -0.0980. The largest absolute Gasteiger partial charge is 0.497 e. The third kappa shape index (κ3) is 14.9. The Hall–Kier alpha value is -5.46. The number of methoxy groups -OCH3 is 2. The van der Waals surface area contributed by atoms with Crippen molar-refractivity contribution in [3.05, 3.63) is 193 Å². The highest BCUT2D eigenvalue weighted by Gasteiger charge is 2.16. The SMILES string of the molecule is C=C(/C=C\C(=C)C(=C)/C=C\C(=C)OC)OC.C=O.Cc1ccc(-c2ccc(C)cc2)cc1.Cc1ccc(S(=O)(=O)c2ccc(C)cc2)cc1. The van der Waals surface area contributed by atoms with E-state index in [1.165, 1.54) is 22.3 Å². The van der Waals surface area contributed by atoms with Gasteiger partial charge < -0.3 is 14.3 Å². The highest BCUT2D eigenvalue weighted by atomic mass is 32.2. The third-order valence-corrected chi connectivity index (χ3v) is 8.76. The van der Waals surface area contributed by atoms with E-state index >= 15 is 0 Å². The molecule has 0 amide bonds. The van der Waals surface area contributed by atoms with Crippen molar-refractivity contribution < 1.29 is 22.7 Å². The van der Waals surface area contributed by atoms with Gasteiger partial charge in [-0.05, 0) is 86.4 Å². The van der Waals surface area contributed by atoms with Crippen LogP contribution in [-0.2, 0) is 24.1 Å². The number of carbonyl (C=O) groups excluding carboxylic acids is 1. The Kier molecular flexibility index (Phi) is 18.2. The molecule has 4 rings (SSSR count). The number of allylic oxidation sites excluding steroid dienone is 6. The smallest absolute Gasteiger partial charge is 0.206 e. The summed E-state index contributed by atoms with van der Waals surface area (Å²) in [5, 5.41) is 0. The van der Waals surface area contributed by atoms with Crippen LogP contribution in [0.4, 0.5) is 0 Å². The lowest BCUT2D eigenvalue weighted by Gasteiger charge is -2.05. The zero-order chi connectivity index (χ0) is 37.0. The van der Waals surface area contributed by atoms with Gasteiger partial charge in [-0.1, -0.05) is 134 Å². The number of hydrogen-bond donors (Lipinski definition) is 0. The summed E-state index contributed by atoms with van der Waals surface area (Å²) < 4.78 is 34.3. The molecule has 0 saturated heterocycles. The van der Waals surface area contributed by atoms with E-state index in [0.717, 1.165) is 22.3 Å². The Bertz CT molecular complexity index is 1690. The van der Waals surface area contributed by atoms with Gasteiger partial charge in [-0.3, -0.25) is 0 Å². The van der Waals surface area contributed by atoms with Gasteiger partial charge in [-0.15, -0.1) is 0 Å². The molecule has 0 unspecified atom stereocenters. The maximum Gasteiger partial charge on any atom is 0.206 e. The monoisotopic (exact) mass is 676 g/mol. The summed E-state index contributed by atoms with van der Waals surface area (Å²) in [4.78, 5) is 8.68. The topological polar surface area (TPSA) is 69.7 Å². The molecule has 0 heterocycles. The number of carbonyl (C=O) groups is 1. The van der Waals surface area contributed by atoms with E-state index in [9.17, 15) is 8.42 Å². The second-order valence-electron chi connectivity index (χ2n) is 10.9. The summed E-state index contributed by atoms with van der Waals surface area (Å²) >= 11 is 0. The molecule has 0 spiro atoms. The van der Waals surface area contributed by atoms with E-state index in [0.29, 0.717) is 21.3 Å². The minimum atomic E-state index is -3.37. The molecule has 0 saturated carbocycles. The van der Waals surface area contributed by atoms with E-state index in [4.69, 9.17) is 14.3 Å². The van der Waals surface area contributed by atoms with Gasteiger partial charge >= 0.3 is 0 Å².